The van der Waals surface area contributed by atoms with Crippen molar-refractivity contribution in [3.63, 3.8) is 0 Å². The monoisotopic (exact) mass is 410 g/mol. The van der Waals surface area contributed by atoms with Crippen LogP contribution < -0.4 is 9.47 Å². The molecule has 0 unspecified atom stereocenters. The predicted molar refractivity (Wildman–Crippen MR) is 106 cm³/mol. The molecule has 0 bridgehead atoms. The third-order valence-corrected chi connectivity index (χ3v) is 5.08. The molecule has 3 rings (SSSR count). The molecule has 0 aliphatic rings. The maximum atomic E-state index is 11.4. The molecule has 0 atom stereocenters. The van der Waals surface area contributed by atoms with Gasteiger partial charge < -0.3 is 9.47 Å². The first-order chi connectivity index (χ1) is 12.7. The quantitative estimate of drug-likeness (QED) is 0.466. The molecule has 0 aromatic heterocycles. The highest BCUT2D eigenvalue weighted by Gasteiger charge is 2.16. The molecule has 4 heteroatoms. The fourth-order valence-electron chi connectivity index (χ4n) is 2.61. The van der Waals surface area contributed by atoms with E-state index in [1.165, 1.54) is 0 Å². The van der Waals surface area contributed by atoms with Gasteiger partial charge in [0.2, 0.25) is 0 Å². The molecule has 0 saturated carbocycles. The van der Waals surface area contributed by atoms with Gasteiger partial charge in [0.05, 0.1) is 0 Å². The van der Waals surface area contributed by atoms with Gasteiger partial charge in [0.25, 0.3) is 0 Å². The molecule has 0 aliphatic heterocycles. The molecule has 3 aromatic rings. The first kappa shape index (κ1) is 18.2. The van der Waals surface area contributed by atoms with E-state index in [4.69, 9.17) is 9.47 Å². The number of rotatable bonds is 7. The number of carbonyl (C=O) groups excluding carboxylic acids is 1. The van der Waals surface area contributed by atoms with Crippen LogP contribution in [-0.2, 0) is 13.2 Å². The van der Waals surface area contributed by atoms with Crippen molar-refractivity contribution in [2.45, 2.75) is 20.1 Å². The summed E-state index contributed by atoms with van der Waals surface area (Å²) < 4.78 is 12.8. The molecule has 0 radical (unpaired) electrons. The van der Waals surface area contributed by atoms with Crippen molar-refractivity contribution in [1.29, 1.82) is 0 Å². The molecule has 0 amide bonds. The van der Waals surface area contributed by atoms with Gasteiger partial charge in [-0.05, 0) is 40.0 Å². The summed E-state index contributed by atoms with van der Waals surface area (Å²) in [7, 11) is 0. The van der Waals surface area contributed by atoms with Crippen LogP contribution in [0.25, 0.3) is 0 Å². The lowest BCUT2D eigenvalue weighted by molar-refractivity contribution is 0.112. The zero-order valence-electron chi connectivity index (χ0n) is 14.4. The summed E-state index contributed by atoms with van der Waals surface area (Å²) >= 11 is 3.48. The largest absolute Gasteiger partial charge is 0.485 e. The van der Waals surface area contributed by atoms with Crippen molar-refractivity contribution in [1.82, 2.24) is 0 Å². The molecular formula is C22H19BrO3. The Balaban J connectivity index is 1.87. The van der Waals surface area contributed by atoms with Crippen LogP contribution in [0.1, 0.15) is 27.0 Å². The summed E-state index contributed by atoms with van der Waals surface area (Å²) in [6, 6.07) is 21.5. The highest BCUT2D eigenvalue weighted by atomic mass is 79.9. The maximum absolute atomic E-state index is 11.4. The van der Waals surface area contributed by atoms with Crippen molar-refractivity contribution in [3.8, 4) is 11.5 Å². The number of aldehydes is 1. The summed E-state index contributed by atoms with van der Waals surface area (Å²) in [6.45, 7) is 2.74. The van der Waals surface area contributed by atoms with Gasteiger partial charge in [-0.2, -0.15) is 0 Å². The van der Waals surface area contributed by atoms with E-state index < -0.39 is 0 Å². The first-order valence-electron chi connectivity index (χ1n) is 8.30. The predicted octanol–water partition coefficient (Wildman–Crippen LogP) is 5.73. The number of benzene rings is 3. The zero-order chi connectivity index (χ0) is 18.4. The topological polar surface area (TPSA) is 35.5 Å². The second-order valence-electron chi connectivity index (χ2n) is 5.90. The average Bonchev–Trinajstić information content (AvgIpc) is 2.69. The molecule has 0 saturated heterocycles. The van der Waals surface area contributed by atoms with Gasteiger partial charge in [-0.25, -0.2) is 0 Å². The smallest absolute Gasteiger partial charge is 0.165 e. The lowest BCUT2D eigenvalue weighted by Crippen LogP contribution is -2.04. The summed E-state index contributed by atoms with van der Waals surface area (Å²) in [6.07, 6.45) is 0.813. The molecule has 0 aliphatic carbocycles. The summed E-state index contributed by atoms with van der Waals surface area (Å²) in [5, 5.41) is 0. The van der Waals surface area contributed by atoms with E-state index in [1.54, 1.807) is 6.07 Å². The van der Waals surface area contributed by atoms with Crippen LogP contribution in [0.4, 0.5) is 0 Å². The standard InChI is InChI=1S/C22H19BrO3/c1-16-21(23)19(13-24)12-20(25-14-17-8-4-2-5-9-17)22(16)26-15-18-10-6-3-7-11-18/h2-13H,14-15H2,1H3. The van der Waals surface area contributed by atoms with E-state index in [2.05, 4.69) is 15.9 Å². The molecule has 0 spiro atoms. The van der Waals surface area contributed by atoms with Crippen molar-refractivity contribution >= 4 is 22.2 Å². The van der Waals surface area contributed by atoms with E-state index in [-0.39, 0.29) is 0 Å². The molecule has 3 aromatic carbocycles. The third-order valence-electron chi connectivity index (χ3n) is 4.02. The van der Waals surface area contributed by atoms with Crippen LogP contribution in [-0.4, -0.2) is 6.29 Å². The van der Waals surface area contributed by atoms with Crippen molar-refractivity contribution in [3.05, 3.63) is 93.5 Å². The van der Waals surface area contributed by atoms with E-state index in [0.717, 1.165) is 27.4 Å². The lowest BCUT2D eigenvalue weighted by Gasteiger charge is -2.17. The van der Waals surface area contributed by atoms with Gasteiger partial charge in [-0.1, -0.05) is 60.7 Å². The van der Waals surface area contributed by atoms with Gasteiger partial charge in [0.1, 0.15) is 13.2 Å². The highest BCUT2D eigenvalue weighted by molar-refractivity contribution is 9.10. The number of halogens is 1. The summed E-state index contributed by atoms with van der Waals surface area (Å²) in [5.41, 5.74) is 3.50. The molecule has 0 fully saturated rings. The Morgan fingerprint density at radius 3 is 1.96 bits per heavy atom. The average molecular weight is 411 g/mol. The molecule has 26 heavy (non-hydrogen) atoms. The van der Waals surface area contributed by atoms with E-state index in [9.17, 15) is 4.79 Å². The van der Waals surface area contributed by atoms with Gasteiger partial charge in [-0.15, -0.1) is 0 Å². The fourth-order valence-corrected chi connectivity index (χ4v) is 3.00. The third kappa shape index (κ3) is 4.33. The van der Waals surface area contributed by atoms with E-state index in [1.807, 2.05) is 67.6 Å². The Morgan fingerprint density at radius 1 is 0.885 bits per heavy atom. The number of hydrogen-bond donors (Lipinski definition) is 0. The molecule has 132 valence electrons. The zero-order valence-corrected chi connectivity index (χ0v) is 16.0. The fraction of sp³-hybridized carbons (Fsp3) is 0.136. The summed E-state index contributed by atoms with van der Waals surface area (Å²) in [4.78, 5) is 11.4. The van der Waals surface area contributed by atoms with Crippen molar-refractivity contribution < 1.29 is 14.3 Å². The van der Waals surface area contributed by atoms with Crippen LogP contribution in [0.5, 0.6) is 11.5 Å². The number of ether oxygens (including phenoxy) is 2. The lowest BCUT2D eigenvalue weighted by atomic mass is 10.1. The Bertz CT molecular complexity index is 877. The van der Waals surface area contributed by atoms with Gasteiger partial charge in [-0.3, -0.25) is 4.79 Å². The molecule has 0 N–H and O–H groups in total. The molecule has 0 heterocycles. The summed E-state index contributed by atoms with van der Waals surface area (Å²) in [5.74, 6) is 1.20. The van der Waals surface area contributed by atoms with E-state index >= 15 is 0 Å². The highest BCUT2D eigenvalue weighted by Crippen LogP contribution is 2.39. The maximum Gasteiger partial charge on any atom is 0.165 e. The van der Waals surface area contributed by atoms with Gasteiger partial charge in [0.15, 0.2) is 17.8 Å². The van der Waals surface area contributed by atoms with E-state index in [0.29, 0.717) is 30.3 Å². The van der Waals surface area contributed by atoms with Crippen LogP contribution >= 0.6 is 15.9 Å². The van der Waals surface area contributed by atoms with Crippen molar-refractivity contribution in [2.75, 3.05) is 0 Å². The number of carbonyl (C=O) groups is 1. The SMILES string of the molecule is Cc1c(Br)c(C=O)cc(OCc2ccccc2)c1OCc1ccccc1. The van der Waals surface area contributed by atoms with Crippen LogP contribution in [0, 0.1) is 6.92 Å². The minimum Gasteiger partial charge on any atom is -0.485 e. The van der Waals surface area contributed by atoms with Crippen molar-refractivity contribution in [2.24, 2.45) is 0 Å². The first-order valence-corrected chi connectivity index (χ1v) is 9.10. The Hall–Kier alpha value is -2.59. The van der Waals surface area contributed by atoms with Crippen LogP contribution in [0.3, 0.4) is 0 Å². The van der Waals surface area contributed by atoms with Crippen LogP contribution in [0.2, 0.25) is 0 Å². The minimum atomic E-state index is 0.405. The van der Waals surface area contributed by atoms with Gasteiger partial charge in [0, 0.05) is 15.6 Å². The Labute approximate surface area is 161 Å². The minimum absolute atomic E-state index is 0.405. The normalized spacial score (nSPS) is 10.4. The Morgan fingerprint density at radius 2 is 1.42 bits per heavy atom. The molecular weight excluding hydrogens is 392 g/mol. The Kier molecular flexibility index (Phi) is 6.08. The number of hydrogen-bond acceptors (Lipinski definition) is 3. The van der Waals surface area contributed by atoms with Gasteiger partial charge >= 0.3 is 0 Å². The second kappa shape index (κ2) is 8.68. The van der Waals surface area contributed by atoms with Crippen LogP contribution in [0.15, 0.2) is 71.2 Å². The molecule has 3 nitrogen and oxygen atoms in total. The second-order valence-corrected chi connectivity index (χ2v) is 6.69.